The van der Waals surface area contributed by atoms with Gasteiger partial charge in [-0.25, -0.2) is 18.7 Å². The first kappa shape index (κ1) is 23.6. The predicted octanol–water partition coefficient (Wildman–Crippen LogP) is 4.81. The van der Waals surface area contributed by atoms with Gasteiger partial charge in [0.15, 0.2) is 0 Å². The third-order valence-corrected chi connectivity index (χ3v) is 5.93. The highest BCUT2D eigenvalue weighted by atomic mass is 19.1. The second kappa shape index (κ2) is 9.87. The number of halogens is 2. The molecule has 0 aliphatic carbocycles. The van der Waals surface area contributed by atoms with E-state index in [-0.39, 0.29) is 17.2 Å². The van der Waals surface area contributed by atoms with Crippen LogP contribution in [0.2, 0.25) is 0 Å². The Kier molecular flexibility index (Phi) is 6.31. The number of nitriles is 1. The van der Waals surface area contributed by atoms with Crippen LogP contribution in [0.3, 0.4) is 0 Å². The van der Waals surface area contributed by atoms with Crippen molar-refractivity contribution in [3.8, 4) is 28.3 Å². The van der Waals surface area contributed by atoms with Crippen LogP contribution in [0.1, 0.15) is 11.4 Å². The zero-order valence-electron chi connectivity index (χ0n) is 19.5. The van der Waals surface area contributed by atoms with Crippen molar-refractivity contribution in [3.05, 3.63) is 112 Å². The molecule has 0 fully saturated rings. The number of hydrogen-bond donors (Lipinski definition) is 2. The van der Waals surface area contributed by atoms with Crippen molar-refractivity contribution < 1.29 is 8.78 Å². The van der Waals surface area contributed by atoms with Crippen molar-refractivity contribution in [2.24, 2.45) is 0 Å². The van der Waals surface area contributed by atoms with Gasteiger partial charge in [0.2, 0.25) is 5.82 Å². The van der Waals surface area contributed by atoms with E-state index in [4.69, 9.17) is 11.0 Å². The van der Waals surface area contributed by atoms with E-state index < -0.39 is 11.6 Å². The predicted molar refractivity (Wildman–Crippen MR) is 138 cm³/mol. The van der Waals surface area contributed by atoms with Gasteiger partial charge in [-0.15, -0.1) is 0 Å². The lowest BCUT2D eigenvalue weighted by atomic mass is 9.90. The maximum absolute atomic E-state index is 14.3. The maximum Gasteiger partial charge on any atom is 0.263 e. The van der Waals surface area contributed by atoms with Crippen LogP contribution in [-0.4, -0.2) is 20.9 Å². The van der Waals surface area contributed by atoms with Gasteiger partial charge >= 0.3 is 0 Å². The van der Waals surface area contributed by atoms with Crippen molar-refractivity contribution >= 4 is 17.2 Å². The van der Waals surface area contributed by atoms with Crippen LogP contribution in [0.25, 0.3) is 27.8 Å². The van der Waals surface area contributed by atoms with Crippen LogP contribution in [-0.2, 0) is 6.42 Å². The van der Waals surface area contributed by atoms with Crippen molar-refractivity contribution in [2.45, 2.75) is 6.42 Å². The first-order valence-electron chi connectivity index (χ1n) is 11.4. The van der Waals surface area contributed by atoms with Crippen LogP contribution in [0.15, 0.2) is 83.8 Å². The largest absolute Gasteiger partial charge is 0.383 e. The molecule has 3 aromatic heterocycles. The van der Waals surface area contributed by atoms with E-state index in [1.807, 2.05) is 36.4 Å². The molecule has 0 unspecified atom stereocenters. The topological polar surface area (TPSA) is 109 Å². The minimum absolute atomic E-state index is 0.0644. The molecule has 0 amide bonds. The Morgan fingerprint density at radius 3 is 2.35 bits per heavy atom. The molecule has 0 saturated carbocycles. The minimum Gasteiger partial charge on any atom is -0.383 e. The standard InChI is InChI=1S/C28H20F2N6O/c29-19-8-6-18(7-9-19)26-21(12-13-33-24-14-23(32)34-25(15-31)35-24)27(17-4-2-1-3-5-17)28(37)36-16-20(30)10-11-22(26)36/h1-11,14,16H,12-13H2,(H3,32,33,34,35). The molecule has 0 saturated heterocycles. The van der Waals surface area contributed by atoms with Gasteiger partial charge in [-0.05, 0) is 47.4 Å². The molecular formula is C28H20F2N6O. The van der Waals surface area contributed by atoms with Crippen molar-refractivity contribution in [1.29, 1.82) is 5.26 Å². The number of nitrogens with two attached hydrogens (primary N) is 1. The molecule has 5 aromatic rings. The van der Waals surface area contributed by atoms with Crippen LogP contribution in [0.4, 0.5) is 20.4 Å². The number of aromatic nitrogens is 3. The molecule has 0 atom stereocenters. The van der Waals surface area contributed by atoms with Crippen molar-refractivity contribution in [3.63, 3.8) is 0 Å². The van der Waals surface area contributed by atoms with Gasteiger partial charge in [-0.3, -0.25) is 9.20 Å². The molecule has 3 heterocycles. The summed E-state index contributed by atoms with van der Waals surface area (Å²) >= 11 is 0. The highest BCUT2D eigenvalue weighted by molar-refractivity contribution is 5.88. The normalized spacial score (nSPS) is 10.8. The van der Waals surface area contributed by atoms with Gasteiger partial charge in [0.1, 0.15) is 29.3 Å². The van der Waals surface area contributed by atoms with Gasteiger partial charge in [-0.2, -0.15) is 5.26 Å². The molecule has 0 aliphatic rings. The van der Waals surface area contributed by atoms with E-state index >= 15 is 0 Å². The fourth-order valence-corrected chi connectivity index (χ4v) is 4.39. The molecule has 0 spiro atoms. The molecule has 0 radical (unpaired) electrons. The summed E-state index contributed by atoms with van der Waals surface area (Å²) in [6, 6.07) is 21.3. The Morgan fingerprint density at radius 2 is 1.62 bits per heavy atom. The van der Waals surface area contributed by atoms with Crippen LogP contribution in [0, 0.1) is 23.0 Å². The van der Waals surface area contributed by atoms with E-state index in [0.717, 1.165) is 6.20 Å². The van der Waals surface area contributed by atoms with Gasteiger partial charge in [0.25, 0.3) is 5.56 Å². The maximum atomic E-state index is 14.3. The lowest BCUT2D eigenvalue weighted by Gasteiger charge is -2.19. The Hall–Kier alpha value is -5.10. The molecule has 182 valence electrons. The minimum atomic E-state index is -0.553. The number of nitrogen functional groups attached to an aromatic ring is 1. The van der Waals surface area contributed by atoms with Crippen molar-refractivity contribution in [2.75, 3.05) is 17.6 Å². The quantitative estimate of drug-likeness (QED) is 0.351. The molecule has 2 aromatic carbocycles. The summed E-state index contributed by atoms with van der Waals surface area (Å²) in [6.07, 6.45) is 1.51. The number of rotatable bonds is 6. The summed E-state index contributed by atoms with van der Waals surface area (Å²) in [5.41, 5.74) is 9.03. The molecule has 3 N–H and O–H groups in total. The third kappa shape index (κ3) is 4.73. The summed E-state index contributed by atoms with van der Waals surface area (Å²) in [5, 5.41) is 12.3. The number of nitrogens with zero attached hydrogens (tertiary/aromatic N) is 4. The highest BCUT2D eigenvalue weighted by Gasteiger charge is 2.21. The Labute approximate surface area is 210 Å². The van der Waals surface area contributed by atoms with Gasteiger partial charge < -0.3 is 11.1 Å². The number of nitrogens with one attached hydrogen (secondary N) is 1. The lowest BCUT2D eigenvalue weighted by Crippen LogP contribution is -2.21. The monoisotopic (exact) mass is 494 g/mol. The highest BCUT2D eigenvalue weighted by Crippen LogP contribution is 2.34. The van der Waals surface area contributed by atoms with Gasteiger partial charge in [0.05, 0.1) is 11.1 Å². The second-order valence-electron chi connectivity index (χ2n) is 8.30. The van der Waals surface area contributed by atoms with Crippen molar-refractivity contribution in [1.82, 2.24) is 14.4 Å². The lowest BCUT2D eigenvalue weighted by molar-refractivity contribution is 0.618. The smallest absolute Gasteiger partial charge is 0.263 e. The summed E-state index contributed by atoms with van der Waals surface area (Å²) in [7, 11) is 0. The number of hydrogen-bond acceptors (Lipinski definition) is 6. The first-order chi connectivity index (χ1) is 17.9. The van der Waals surface area contributed by atoms with E-state index in [1.165, 1.54) is 28.7 Å². The Balaban J connectivity index is 1.71. The summed E-state index contributed by atoms with van der Waals surface area (Å²) < 4.78 is 29.4. The number of pyridine rings is 2. The molecule has 0 bridgehead atoms. The van der Waals surface area contributed by atoms with Crippen LogP contribution < -0.4 is 16.6 Å². The van der Waals surface area contributed by atoms with E-state index in [9.17, 15) is 13.6 Å². The summed E-state index contributed by atoms with van der Waals surface area (Å²) in [5.74, 6) is -0.494. The molecule has 37 heavy (non-hydrogen) atoms. The average Bonchev–Trinajstić information content (AvgIpc) is 2.90. The van der Waals surface area contributed by atoms with E-state index in [0.29, 0.717) is 52.1 Å². The number of fused-ring (bicyclic) bond motifs is 1. The average molecular weight is 495 g/mol. The Morgan fingerprint density at radius 1 is 0.919 bits per heavy atom. The molecule has 9 heteroatoms. The number of anilines is 2. The zero-order chi connectivity index (χ0) is 25.9. The van der Waals surface area contributed by atoms with E-state index in [1.54, 1.807) is 18.2 Å². The third-order valence-electron chi connectivity index (χ3n) is 5.93. The number of benzene rings is 2. The van der Waals surface area contributed by atoms with Crippen LogP contribution in [0.5, 0.6) is 0 Å². The first-order valence-corrected chi connectivity index (χ1v) is 11.4. The second-order valence-corrected chi connectivity index (χ2v) is 8.30. The summed E-state index contributed by atoms with van der Waals surface area (Å²) in [6.45, 7) is 0.326. The zero-order valence-corrected chi connectivity index (χ0v) is 19.5. The fourth-order valence-electron chi connectivity index (χ4n) is 4.39. The molecule has 7 nitrogen and oxygen atoms in total. The van der Waals surface area contributed by atoms with Gasteiger partial charge in [0, 0.05) is 24.4 Å². The Bertz CT molecular complexity index is 1710. The van der Waals surface area contributed by atoms with Crippen LogP contribution >= 0.6 is 0 Å². The summed E-state index contributed by atoms with van der Waals surface area (Å²) in [4.78, 5) is 21.7. The molecule has 0 aliphatic heterocycles. The fraction of sp³-hybridized carbons (Fsp3) is 0.0714. The molecular weight excluding hydrogens is 474 g/mol. The van der Waals surface area contributed by atoms with E-state index in [2.05, 4.69) is 15.3 Å². The SMILES string of the molecule is N#Cc1nc(N)cc(NCCc2c(-c3ccccc3)c(=O)n3cc(F)ccc3c2-c2ccc(F)cc2)n1. The molecule has 5 rings (SSSR count). The van der Waals surface area contributed by atoms with Gasteiger partial charge in [-0.1, -0.05) is 42.5 Å².